The fraction of sp³-hybridized carbons (Fsp3) is 0.0769. The molecule has 5 nitrogen and oxygen atoms in total. The molecule has 21 heavy (non-hydrogen) atoms. The number of carbonyl (C=O) groups is 1. The van der Waals surface area contributed by atoms with Crippen molar-refractivity contribution in [1.82, 2.24) is 9.38 Å². The number of rotatable bonds is 2. The molecular formula is C13H7F3N2O3. The normalized spacial score (nSPS) is 12.0. The van der Waals surface area contributed by atoms with Gasteiger partial charge in [-0.3, -0.25) is 0 Å². The molecule has 0 saturated heterocycles. The number of pyridine rings is 1. The predicted octanol–water partition coefficient (Wildman–Crippen LogP) is 3.31. The van der Waals surface area contributed by atoms with Gasteiger partial charge in [0.15, 0.2) is 5.69 Å². The number of nitrogens with zero attached hydrogens (tertiary/aromatic N) is 2. The van der Waals surface area contributed by atoms with Crippen molar-refractivity contribution in [1.29, 1.82) is 0 Å². The molecule has 0 unspecified atom stereocenters. The number of aromatic carboxylic acids is 1. The standard InChI is InChI=1S/C13H7F3N2O3/c14-13(15,16)9-3-8(7-1-2-21-6-7)4-18-5-10(12(19)20)17-11(9)18/h1-6H,(H,19,20). The van der Waals surface area contributed by atoms with Crippen molar-refractivity contribution < 1.29 is 27.5 Å². The molecule has 0 aliphatic carbocycles. The first kappa shape index (κ1) is 13.2. The van der Waals surface area contributed by atoms with E-state index in [-0.39, 0.29) is 5.56 Å². The highest BCUT2D eigenvalue weighted by molar-refractivity contribution is 5.86. The molecule has 3 rings (SSSR count). The molecule has 0 saturated carbocycles. The Kier molecular flexibility index (Phi) is 2.75. The molecule has 0 aliphatic heterocycles. The predicted molar refractivity (Wildman–Crippen MR) is 64.9 cm³/mol. The molecule has 3 aromatic rings. The summed E-state index contributed by atoms with van der Waals surface area (Å²) in [6.45, 7) is 0. The molecule has 0 radical (unpaired) electrons. The average molecular weight is 296 g/mol. The maximum Gasteiger partial charge on any atom is 0.420 e. The highest BCUT2D eigenvalue weighted by Crippen LogP contribution is 2.35. The van der Waals surface area contributed by atoms with E-state index in [0.29, 0.717) is 5.56 Å². The van der Waals surface area contributed by atoms with Gasteiger partial charge in [-0.05, 0) is 12.1 Å². The van der Waals surface area contributed by atoms with Crippen molar-refractivity contribution in [2.45, 2.75) is 6.18 Å². The van der Waals surface area contributed by atoms with Gasteiger partial charge in [0.2, 0.25) is 0 Å². The van der Waals surface area contributed by atoms with Gasteiger partial charge in [0.25, 0.3) is 0 Å². The van der Waals surface area contributed by atoms with Crippen LogP contribution in [-0.4, -0.2) is 20.5 Å². The lowest BCUT2D eigenvalue weighted by molar-refractivity contribution is -0.136. The minimum Gasteiger partial charge on any atom is -0.476 e. The lowest BCUT2D eigenvalue weighted by atomic mass is 10.1. The van der Waals surface area contributed by atoms with Crippen LogP contribution in [0, 0.1) is 0 Å². The third kappa shape index (κ3) is 2.24. The number of hydrogen-bond acceptors (Lipinski definition) is 3. The number of alkyl halides is 3. The van der Waals surface area contributed by atoms with Gasteiger partial charge >= 0.3 is 12.1 Å². The number of imidazole rings is 1. The first-order valence-corrected chi connectivity index (χ1v) is 5.72. The first-order valence-electron chi connectivity index (χ1n) is 5.72. The van der Waals surface area contributed by atoms with Crippen LogP contribution >= 0.6 is 0 Å². The second-order valence-corrected chi connectivity index (χ2v) is 4.31. The Labute approximate surface area is 115 Å². The van der Waals surface area contributed by atoms with E-state index in [0.717, 1.165) is 16.7 Å². The molecular weight excluding hydrogens is 289 g/mol. The smallest absolute Gasteiger partial charge is 0.420 e. The van der Waals surface area contributed by atoms with Crippen LogP contribution in [0.3, 0.4) is 0 Å². The van der Waals surface area contributed by atoms with E-state index in [1.807, 2.05) is 0 Å². The summed E-state index contributed by atoms with van der Waals surface area (Å²) in [5, 5.41) is 8.86. The van der Waals surface area contributed by atoms with Gasteiger partial charge in [0.1, 0.15) is 5.65 Å². The monoisotopic (exact) mass is 296 g/mol. The fourth-order valence-electron chi connectivity index (χ4n) is 2.00. The van der Waals surface area contributed by atoms with Crippen molar-refractivity contribution in [3.8, 4) is 11.1 Å². The molecule has 0 bridgehead atoms. The summed E-state index contributed by atoms with van der Waals surface area (Å²) < 4.78 is 45.3. The highest BCUT2D eigenvalue weighted by atomic mass is 19.4. The number of furan rings is 1. The fourth-order valence-corrected chi connectivity index (χ4v) is 2.00. The van der Waals surface area contributed by atoms with E-state index in [1.54, 1.807) is 0 Å². The SMILES string of the molecule is O=C(O)c1cn2cc(-c3ccoc3)cc(C(F)(F)F)c2n1. The summed E-state index contributed by atoms with van der Waals surface area (Å²) in [4.78, 5) is 14.4. The van der Waals surface area contributed by atoms with Crippen LogP contribution in [0.4, 0.5) is 13.2 Å². The number of fused-ring (bicyclic) bond motifs is 1. The Morgan fingerprint density at radius 2 is 2.05 bits per heavy atom. The van der Waals surface area contributed by atoms with E-state index in [1.165, 1.54) is 24.8 Å². The van der Waals surface area contributed by atoms with Gasteiger partial charge in [-0.25, -0.2) is 9.78 Å². The Morgan fingerprint density at radius 1 is 1.29 bits per heavy atom. The molecule has 108 valence electrons. The third-order valence-electron chi connectivity index (χ3n) is 2.93. The number of carboxylic acids is 1. The summed E-state index contributed by atoms with van der Waals surface area (Å²) in [6, 6.07) is 2.43. The maximum absolute atomic E-state index is 13.1. The van der Waals surface area contributed by atoms with Crippen molar-refractivity contribution in [3.63, 3.8) is 0 Å². The van der Waals surface area contributed by atoms with Gasteiger partial charge < -0.3 is 13.9 Å². The molecule has 0 spiro atoms. The molecule has 0 aromatic carbocycles. The number of hydrogen-bond donors (Lipinski definition) is 1. The lowest BCUT2D eigenvalue weighted by Crippen LogP contribution is -2.08. The minimum atomic E-state index is -4.65. The summed E-state index contributed by atoms with van der Waals surface area (Å²) in [6.07, 6.45) is 0.396. The van der Waals surface area contributed by atoms with Crippen LogP contribution in [0.15, 0.2) is 41.5 Å². The van der Waals surface area contributed by atoms with Crippen LogP contribution < -0.4 is 0 Å². The summed E-state index contributed by atoms with van der Waals surface area (Å²) >= 11 is 0. The molecule has 3 heterocycles. The number of aromatic nitrogens is 2. The highest BCUT2D eigenvalue weighted by Gasteiger charge is 2.35. The van der Waals surface area contributed by atoms with Crippen molar-refractivity contribution >= 4 is 11.6 Å². The van der Waals surface area contributed by atoms with Crippen molar-refractivity contribution in [2.24, 2.45) is 0 Å². The Hall–Kier alpha value is -2.77. The van der Waals surface area contributed by atoms with Gasteiger partial charge in [0, 0.05) is 23.5 Å². The zero-order valence-corrected chi connectivity index (χ0v) is 10.3. The number of halogens is 3. The second-order valence-electron chi connectivity index (χ2n) is 4.31. The Bertz CT molecular complexity index is 819. The van der Waals surface area contributed by atoms with Gasteiger partial charge in [-0.1, -0.05) is 0 Å². The molecule has 3 aromatic heterocycles. The van der Waals surface area contributed by atoms with Crippen LogP contribution in [0.1, 0.15) is 16.1 Å². The Balaban J connectivity index is 2.32. The largest absolute Gasteiger partial charge is 0.476 e. The van der Waals surface area contributed by atoms with Crippen molar-refractivity contribution in [2.75, 3.05) is 0 Å². The number of carboxylic acid groups (broad SMARTS) is 1. The summed E-state index contributed by atoms with van der Waals surface area (Å²) in [5.41, 5.74) is -1.21. The maximum atomic E-state index is 13.1. The zero-order chi connectivity index (χ0) is 15.2. The van der Waals surface area contributed by atoms with E-state index in [4.69, 9.17) is 9.52 Å². The van der Waals surface area contributed by atoms with Crippen LogP contribution in [0.5, 0.6) is 0 Å². The first-order chi connectivity index (χ1) is 9.86. The van der Waals surface area contributed by atoms with Gasteiger partial charge in [0.05, 0.1) is 18.1 Å². The third-order valence-corrected chi connectivity index (χ3v) is 2.93. The quantitative estimate of drug-likeness (QED) is 0.787. The topological polar surface area (TPSA) is 67.7 Å². The molecule has 0 atom stereocenters. The van der Waals surface area contributed by atoms with E-state index in [2.05, 4.69) is 4.98 Å². The van der Waals surface area contributed by atoms with E-state index in [9.17, 15) is 18.0 Å². The Morgan fingerprint density at radius 3 is 2.62 bits per heavy atom. The molecule has 1 N–H and O–H groups in total. The molecule has 0 fully saturated rings. The molecule has 0 amide bonds. The van der Waals surface area contributed by atoms with Crippen molar-refractivity contribution in [3.05, 3.63) is 48.3 Å². The van der Waals surface area contributed by atoms with Gasteiger partial charge in [-0.15, -0.1) is 0 Å². The lowest BCUT2D eigenvalue weighted by Gasteiger charge is -2.10. The summed E-state index contributed by atoms with van der Waals surface area (Å²) in [7, 11) is 0. The zero-order valence-electron chi connectivity index (χ0n) is 10.3. The summed E-state index contributed by atoms with van der Waals surface area (Å²) in [5.74, 6) is -1.39. The molecule has 8 heteroatoms. The van der Waals surface area contributed by atoms with Crippen LogP contribution in [0.25, 0.3) is 16.8 Å². The van der Waals surface area contributed by atoms with E-state index < -0.39 is 29.1 Å². The van der Waals surface area contributed by atoms with Crippen LogP contribution in [-0.2, 0) is 6.18 Å². The van der Waals surface area contributed by atoms with E-state index >= 15 is 0 Å². The van der Waals surface area contributed by atoms with Crippen LogP contribution in [0.2, 0.25) is 0 Å². The average Bonchev–Trinajstić information content (AvgIpc) is 3.05. The minimum absolute atomic E-state index is 0.248. The van der Waals surface area contributed by atoms with Gasteiger partial charge in [-0.2, -0.15) is 13.2 Å². The molecule has 0 aliphatic rings. The second kappa shape index (κ2) is 4.37.